The van der Waals surface area contributed by atoms with Crippen molar-refractivity contribution in [2.24, 2.45) is 0 Å². The first kappa shape index (κ1) is 15.2. The molecule has 1 rings (SSSR count). The van der Waals surface area contributed by atoms with Gasteiger partial charge in [0.25, 0.3) is 0 Å². The van der Waals surface area contributed by atoms with Crippen molar-refractivity contribution in [3.63, 3.8) is 0 Å². The molecule has 0 atom stereocenters. The second kappa shape index (κ2) is 5.40. The second-order valence-electron chi connectivity index (χ2n) is 2.91. The van der Waals surface area contributed by atoms with E-state index in [9.17, 15) is 26.0 Å². The highest BCUT2D eigenvalue weighted by Gasteiger charge is 2.31. The third kappa shape index (κ3) is 2.75. The van der Waals surface area contributed by atoms with Crippen LogP contribution in [0.3, 0.4) is 0 Å². The van der Waals surface area contributed by atoms with Crippen LogP contribution in [-0.2, 0) is 19.2 Å². The van der Waals surface area contributed by atoms with Crippen molar-refractivity contribution in [1.29, 1.82) is 0 Å². The molecule has 0 aliphatic heterocycles. The summed E-state index contributed by atoms with van der Waals surface area (Å²) in [5, 5.41) is 10.8. The molecule has 0 amide bonds. The van der Waals surface area contributed by atoms with E-state index in [1.807, 2.05) is 0 Å². The third-order valence-electron chi connectivity index (χ3n) is 1.70. The van der Waals surface area contributed by atoms with E-state index in [0.717, 1.165) is 0 Å². The summed E-state index contributed by atoms with van der Waals surface area (Å²) >= 11 is -0.376. The van der Waals surface area contributed by atoms with E-state index in [4.69, 9.17) is 5.26 Å². The molecule has 1 aromatic carbocycles. The summed E-state index contributed by atoms with van der Waals surface area (Å²) in [6.07, 6.45) is 0.382. The van der Waals surface area contributed by atoms with E-state index in [1.165, 1.54) is 0 Å². The predicted molar refractivity (Wildman–Crippen MR) is 50.0 cm³/mol. The Morgan fingerprint density at radius 1 is 1.06 bits per heavy atom. The maximum atomic E-state index is 13.3. The lowest BCUT2D eigenvalue weighted by atomic mass is 10.3. The van der Waals surface area contributed by atoms with Crippen molar-refractivity contribution in [3.8, 4) is 0 Å². The molecule has 11 heteroatoms. The molecular weight excluding hydrogens is 304 g/mol. The van der Waals surface area contributed by atoms with E-state index < -0.39 is 42.9 Å². The van der Waals surface area contributed by atoms with Crippen molar-refractivity contribution >= 4 is 21.9 Å². The molecular formula is C7H4F4O5S2. The SMILES string of the molecule is CS(=O)(=O)c1c(F)c(F)c(SOOO)c(F)c1F. The van der Waals surface area contributed by atoms with E-state index in [0.29, 0.717) is 6.26 Å². The summed E-state index contributed by atoms with van der Waals surface area (Å²) in [7, 11) is -4.51. The molecule has 0 spiro atoms. The summed E-state index contributed by atoms with van der Waals surface area (Å²) in [6, 6.07) is 0. The van der Waals surface area contributed by atoms with Gasteiger partial charge in [0.05, 0.1) is 12.0 Å². The van der Waals surface area contributed by atoms with Crippen LogP contribution in [0, 0.1) is 23.3 Å². The number of hydrogen-bond donors (Lipinski definition) is 1. The lowest BCUT2D eigenvalue weighted by molar-refractivity contribution is -0.432. The Morgan fingerprint density at radius 3 is 1.83 bits per heavy atom. The number of rotatable bonds is 4. The van der Waals surface area contributed by atoms with Gasteiger partial charge >= 0.3 is 0 Å². The normalized spacial score (nSPS) is 11.9. The number of halogens is 4. The molecule has 0 saturated heterocycles. The Morgan fingerprint density at radius 2 is 1.50 bits per heavy atom. The average Bonchev–Trinajstić information content (AvgIpc) is 2.25. The topological polar surface area (TPSA) is 72.8 Å². The first-order valence-electron chi connectivity index (χ1n) is 3.92. The minimum atomic E-state index is -4.51. The van der Waals surface area contributed by atoms with Gasteiger partial charge in [-0.05, 0) is 0 Å². The molecule has 0 aliphatic rings. The van der Waals surface area contributed by atoms with E-state index >= 15 is 0 Å². The van der Waals surface area contributed by atoms with Gasteiger partial charge in [-0.3, -0.25) is 0 Å². The van der Waals surface area contributed by atoms with Crippen LogP contribution in [0.15, 0.2) is 9.79 Å². The molecule has 5 nitrogen and oxygen atoms in total. The summed E-state index contributed by atoms with van der Waals surface area (Å²) < 4.78 is 78.7. The van der Waals surface area contributed by atoms with Crippen molar-refractivity contribution < 1.29 is 40.6 Å². The summed E-state index contributed by atoms with van der Waals surface area (Å²) in [5.74, 6) is -8.17. The van der Waals surface area contributed by atoms with Crippen LogP contribution in [-0.4, -0.2) is 19.9 Å². The van der Waals surface area contributed by atoms with Crippen LogP contribution in [0.4, 0.5) is 17.6 Å². The van der Waals surface area contributed by atoms with Crippen molar-refractivity contribution in [2.45, 2.75) is 9.79 Å². The molecule has 0 aromatic heterocycles. The largest absolute Gasteiger partial charge is 0.224 e. The Balaban J connectivity index is 3.56. The van der Waals surface area contributed by atoms with Gasteiger partial charge in [0.2, 0.25) is 0 Å². The predicted octanol–water partition coefficient (Wildman–Crippen LogP) is 2.07. The quantitative estimate of drug-likeness (QED) is 0.302. The van der Waals surface area contributed by atoms with Crippen LogP contribution < -0.4 is 0 Å². The van der Waals surface area contributed by atoms with E-state index in [-0.39, 0.29) is 12.0 Å². The highest BCUT2D eigenvalue weighted by atomic mass is 32.2. The number of sulfone groups is 1. The van der Waals surface area contributed by atoms with E-state index in [2.05, 4.69) is 9.37 Å². The van der Waals surface area contributed by atoms with Gasteiger partial charge < -0.3 is 0 Å². The number of hydrogen-bond acceptors (Lipinski definition) is 6. The van der Waals surface area contributed by atoms with Gasteiger partial charge in [0.1, 0.15) is 9.79 Å². The number of benzene rings is 1. The fraction of sp³-hybridized carbons (Fsp3) is 0.143. The van der Waals surface area contributed by atoms with Crippen molar-refractivity contribution in [3.05, 3.63) is 23.3 Å². The first-order chi connectivity index (χ1) is 8.21. The van der Waals surface area contributed by atoms with Crippen LogP contribution in [0.1, 0.15) is 0 Å². The smallest absolute Gasteiger partial charge is 0.181 e. The molecule has 1 aromatic rings. The van der Waals surface area contributed by atoms with Gasteiger partial charge in [0, 0.05) is 6.26 Å². The maximum Gasteiger partial charge on any atom is 0.181 e. The Kier molecular flexibility index (Phi) is 4.55. The average molecular weight is 308 g/mol. The fourth-order valence-electron chi connectivity index (χ4n) is 1.04. The van der Waals surface area contributed by atoms with Gasteiger partial charge in [-0.1, -0.05) is 5.04 Å². The molecule has 0 aliphatic carbocycles. The van der Waals surface area contributed by atoms with Gasteiger partial charge in [-0.25, -0.2) is 31.2 Å². The zero-order valence-electron chi connectivity index (χ0n) is 8.41. The maximum absolute atomic E-state index is 13.3. The molecule has 1 N–H and O–H groups in total. The Labute approximate surface area is 102 Å². The molecule has 0 fully saturated rings. The molecule has 0 unspecified atom stereocenters. The van der Waals surface area contributed by atoms with Crippen molar-refractivity contribution in [2.75, 3.05) is 6.26 Å². The van der Waals surface area contributed by atoms with Gasteiger partial charge in [0.15, 0.2) is 33.1 Å². The molecule has 0 radical (unpaired) electrons. The lowest BCUT2D eigenvalue weighted by Crippen LogP contribution is -2.10. The summed E-state index contributed by atoms with van der Waals surface area (Å²) in [4.78, 5) is -3.07. The van der Waals surface area contributed by atoms with Crippen molar-refractivity contribution in [1.82, 2.24) is 0 Å². The van der Waals surface area contributed by atoms with Crippen LogP contribution >= 0.6 is 12.0 Å². The standard InChI is InChI=1S/C7H4F4O5S2/c1-18(13,14)7-4(10)2(8)6(17-16-15-12)3(9)5(7)11/h12H,1H3. The summed E-state index contributed by atoms with van der Waals surface area (Å²) in [5.41, 5.74) is 0. The monoisotopic (exact) mass is 308 g/mol. The molecule has 102 valence electrons. The van der Waals surface area contributed by atoms with E-state index in [1.54, 1.807) is 0 Å². The summed E-state index contributed by atoms with van der Waals surface area (Å²) in [6.45, 7) is 0. The van der Waals surface area contributed by atoms with Crippen LogP contribution in [0.2, 0.25) is 0 Å². The Hall–Kier alpha value is -0.880. The fourth-order valence-corrected chi connectivity index (χ4v) is 2.29. The minimum absolute atomic E-state index is 0.376. The second-order valence-corrected chi connectivity index (χ2v) is 5.58. The molecule has 18 heavy (non-hydrogen) atoms. The van der Waals surface area contributed by atoms with Gasteiger partial charge in [-0.2, -0.15) is 0 Å². The zero-order chi connectivity index (χ0) is 14.1. The first-order valence-corrected chi connectivity index (χ1v) is 6.55. The minimum Gasteiger partial charge on any atom is -0.224 e. The highest BCUT2D eigenvalue weighted by molar-refractivity contribution is 7.94. The molecule has 0 saturated carbocycles. The Bertz CT molecular complexity index is 545. The zero-order valence-corrected chi connectivity index (χ0v) is 10.0. The molecule has 0 heterocycles. The van der Waals surface area contributed by atoms with Crippen LogP contribution in [0.5, 0.6) is 0 Å². The van der Waals surface area contributed by atoms with Gasteiger partial charge in [-0.15, -0.1) is 4.33 Å². The lowest BCUT2D eigenvalue weighted by Gasteiger charge is -2.08. The third-order valence-corrected chi connectivity index (χ3v) is 3.46. The highest BCUT2D eigenvalue weighted by Crippen LogP contribution is 2.33. The van der Waals surface area contributed by atoms with Crippen LogP contribution in [0.25, 0.3) is 0 Å². The molecule has 0 bridgehead atoms.